The quantitative estimate of drug-likeness (QED) is 0.773. The first kappa shape index (κ1) is 16.4. The molecule has 2 rings (SSSR count). The summed E-state index contributed by atoms with van der Waals surface area (Å²) >= 11 is 5.99. The number of ether oxygens (including phenoxy) is 1. The molecule has 22 heavy (non-hydrogen) atoms. The molecule has 0 spiro atoms. The van der Waals surface area contributed by atoms with Gasteiger partial charge in [0.25, 0.3) is 0 Å². The molecular weight excluding hydrogens is 321 g/mol. The molecule has 4 nitrogen and oxygen atoms in total. The third kappa shape index (κ3) is 2.68. The van der Waals surface area contributed by atoms with Crippen molar-refractivity contribution in [1.29, 1.82) is 0 Å². The molecule has 0 aliphatic rings. The van der Waals surface area contributed by atoms with Gasteiger partial charge in [-0.15, -0.1) is 0 Å². The number of esters is 1. The van der Waals surface area contributed by atoms with E-state index in [2.05, 4.69) is 9.72 Å². The molecule has 0 aliphatic heterocycles. The van der Waals surface area contributed by atoms with Crippen LogP contribution in [0.15, 0.2) is 18.3 Å². The summed E-state index contributed by atoms with van der Waals surface area (Å²) in [5.74, 6) is -0.897. The monoisotopic (exact) mass is 332 g/mol. The van der Waals surface area contributed by atoms with Crippen molar-refractivity contribution in [3.63, 3.8) is 0 Å². The Balaban J connectivity index is 2.88. The number of nitrogens with zero attached hydrogens (tertiary/aromatic N) is 2. The lowest BCUT2D eigenvalue weighted by atomic mass is 10.1. The van der Waals surface area contributed by atoms with E-state index in [1.165, 1.54) is 6.20 Å². The van der Waals surface area contributed by atoms with Crippen LogP contribution in [0.2, 0.25) is 5.15 Å². The molecule has 0 aliphatic carbocycles. The molecule has 2 heterocycles. The number of carbonyl (C=O) groups is 1. The van der Waals surface area contributed by atoms with Crippen molar-refractivity contribution in [3.05, 3.63) is 40.3 Å². The first-order valence-corrected chi connectivity index (χ1v) is 6.59. The molecule has 0 fully saturated rings. The topological polar surface area (TPSA) is 43.6 Å². The SMILES string of the molecule is CC=C(C)c1cc(C(F)(F)F)c2nc(C(=O)OC)c(Cl)n2c1. The van der Waals surface area contributed by atoms with Crippen molar-refractivity contribution < 1.29 is 22.7 Å². The highest BCUT2D eigenvalue weighted by molar-refractivity contribution is 6.32. The minimum atomic E-state index is -4.63. The van der Waals surface area contributed by atoms with E-state index in [4.69, 9.17) is 11.6 Å². The van der Waals surface area contributed by atoms with Crippen LogP contribution < -0.4 is 0 Å². The summed E-state index contributed by atoms with van der Waals surface area (Å²) in [7, 11) is 1.10. The highest BCUT2D eigenvalue weighted by atomic mass is 35.5. The van der Waals surface area contributed by atoms with Gasteiger partial charge in [0.1, 0.15) is 5.15 Å². The second-order valence-corrected chi connectivity index (χ2v) is 4.91. The Morgan fingerprint density at radius 1 is 1.45 bits per heavy atom. The molecule has 118 valence electrons. The summed E-state index contributed by atoms with van der Waals surface area (Å²) in [6, 6.07) is 0.981. The van der Waals surface area contributed by atoms with Gasteiger partial charge in [0.05, 0.1) is 12.7 Å². The van der Waals surface area contributed by atoms with Crippen LogP contribution in [0, 0.1) is 0 Å². The molecule has 8 heteroatoms. The van der Waals surface area contributed by atoms with E-state index in [0.29, 0.717) is 11.1 Å². The average molecular weight is 333 g/mol. The van der Waals surface area contributed by atoms with E-state index in [9.17, 15) is 18.0 Å². The molecular formula is C14H12ClF3N2O2. The van der Waals surface area contributed by atoms with Gasteiger partial charge in [0.15, 0.2) is 11.3 Å². The number of methoxy groups -OCH3 is 1. The fourth-order valence-electron chi connectivity index (χ4n) is 1.93. The molecule has 0 saturated heterocycles. The number of rotatable bonds is 2. The molecule has 0 radical (unpaired) electrons. The Bertz CT molecular complexity index is 778. The number of fused-ring (bicyclic) bond motifs is 1. The van der Waals surface area contributed by atoms with Gasteiger partial charge in [-0.3, -0.25) is 4.40 Å². The van der Waals surface area contributed by atoms with Crippen LogP contribution in [0.3, 0.4) is 0 Å². The largest absolute Gasteiger partial charge is 0.464 e. The second-order valence-electron chi connectivity index (χ2n) is 4.55. The van der Waals surface area contributed by atoms with Crippen molar-refractivity contribution in [1.82, 2.24) is 9.38 Å². The van der Waals surface area contributed by atoms with Gasteiger partial charge in [-0.05, 0) is 31.1 Å². The van der Waals surface area contributed by atoms with Crippen molar-refractivity contribution in [3.8, 4) is 0 Å². The number of carbonyl (C=O) groups excluding carboxylic acids is 1. The number of halogens is 4. The van der Waals surface area contributed by atoms with E-state index >= 15 is 0 Å². The van der Waals surface area contributed by atoms with Crippen molar-refractivity contribution in [2.24, 2.45) is 0 Å². The number of alkyl halides is 3. The van der Waals surface area contributed by atoms with Crippen LogP contribution >= 0.6 is 11.6 Å². The molecule has 0 atom stereocenters. The fraction of sp³-hybridized carbons (Fsp3) is 0.286. The smallest absolute Gasteiger partial charge is 0.420 e. The predicted molar refractivity (Wildman–Crippen MR) is 75.9 cm³/mol. The Labute approximate surface area is 129 Å². The van der Waals surface area contributed by atoms with Crippen LogP contribution in [-0.2, 0) is 10.9 Å². The van der Waals surface area contributed by atoms with Gasteiger partial charge >= 0.3 is 12.1 Å². The van der Waals surface area contributed by atoms with Crippen LogP contribution in [0.25, 0.3) is 11.2 Å². The second kappa shape index (κ2) is 5.64. The standard InChI is InChI=1S/C14H12ClF3N2O2/c1-4-7(2)8-5-9(14(16,17)18)12-19-10(13(21)22-3)11(15)20(12)6-8/h4-6H,1-3H3. The van der Waals surface area contributed by atoms with Crippen molar-refractivity contribution in [2.45, 2.75) is 20.0 Å². The van der Waals surface area contributed by atoms with Gasteiger partial charge in [-0.1, -0.05) is 17.7 Å². The highest BCUT2D eigenvalue weighted by Crippen LogP contribution is 2.36. The first-order valence-electron chi connectivity index (χ1n) is 6.21. The Hall–Kier alpha value is -2.02. The van der Waals surface area contributed by atoms with Crippen LogP contribution in [-0.4, -0.2) is 22.5 Å². The summed E-state index contributed by atoms with van der Waals surface area (Å²) in [5, 5.41) is -0.224. The fourth-order valence-corrected chi connectivity index (χ4v) is 2.18. The maximum absolute atomic E-state index is 13.3. The number of allylic oxidation sites excluding steroid dienone is 2. The predicted octanol–water partition coefficient (Wildman–Crippen LogP) is 4.22. The summed E-state index contributed by atoms with van der Waals surface area (Å²) in [6.45, 7) is 3.38. The average Bonchev–Trinajstić information content (AvgIpc) is 2.81. The Morgan fingerprint density at radius 3 is 2.59 bits per heavy atom. The summed E-state index contributed by atoms with van der Waals surface area (Å²) in [4.78, 5) is 15.3. The van der Waals surface area contributed by atoms with E-state index in [0.717, 1.165) is 17.6 Å². The lowest BCUT2D eigenvalue weighted by Crippen LogP contribution is -2.09. The van der Waals surface area contributed by atoms with Crippen molar-refractivity contribution in [2.75, 3.05) is 7.11 Å². The van der Waals surface area contributed by atoms with Crippen LogP contribution in [0.4, 0.5) is 13.2 Å². The van der Waals surface area contributed by atoms with Gasteiger partial charge < -0.3 is 4.74 Å². The van der Waals surface area contributed by atoms with Gasteiger partial charge in [0.2, 0.25) is 0 Å². The van der Waals surface area contributed by atoms with Crippen LogP contribution in [0.5, 0.6) is 0 Å². The molecule has 0 saturated carbocycles. The van der Waals surface area contributed by atoms with Gasteiger partial charge in [0, 0.05) is 6.20 Å². The molecule has 0 unspecified atom stereocenters. The first-order chi connectivity index (χ1) is 10.2. The molecule has 2 aromatic heterocycles. The number of pyridine rings is 1. The normalized spacial score (nSPS) is 12.8. The number of imidazole rings is 1. The zero-order valence-electron chi connectivity index (χ0n) is 12.0. The van der Waals surface area contributed by atoms with Crippen LogP contribution in [0.1, 0.15) is 35.5 Å². The van der Waals surface area contributed by atoms with E-state index in [-0.39, 0.29) is 10.8 Å². The minimum Gasteiger partial charge on any atom is -0.464 e. The van der Waals surface area contributed by atoms with Gasteiger partial charge in [-0.2, -0.15) is 13.2 Å². The lowest BCUT2D eigenvalue weighted by molar-refractivity contribution is -0.136. The Kier molecular flexibility index (Phi) is 4.19. The minimum absolute atomic E-state index is 0.224. The van der Waals surface area contributed by atoms with Gasteiger partial charge in [-0.25, -0.2) is 9.78 Å². The maximum Gasteiger partial charge on any atom is 0.420 e. The molecule has 0 aromatic carbocycles. The maximum atomic E-state index is 13.3. The summed E-state index contributed by atoms with van der Waals surface area (Å²) < 4.78 is 45.3. The third-order valence-electron chi connectivity index (χ3n) is 3.23. The molecule has 0 N–H and O–H groups in total. The third-order valence-corrected chi connectivity index (χ3v) is 3.60. The zero-order chi connectivity index (χ0) is 16.7. The zero-order valence-corrected chi connectivity index (χ0v) is 12.7. The number of hydrogen-bond acceptors (Lipinski definition) is 3. The summed E-state index contributed by atoms with van der Waals surface area (Å²) in [6.07, 6.45) is -1.55. The molecule has 0 bridgehead atoms. The number of aromatic nitrogens is 2. The molecule has 0 amide bonds. The number of hydrogen-bond donors (Lipinski definition) is 0. The molecule has 2 aromatic rings. The van der Waals surface area contributed by atoms with E-state index in [1.54, 1.807) is 19.9 Å². The van der Waals surface area contributed by atoms with Crippen molar-refractivity contribution >= 4 is 28.8 Å². The summed E-state index contributed by atoms with van der Waals surface area (Å²) in [5.41, 5.74) is -0.798. The highest BCUT2D eigenvalue weighted by Gasteiger charge is 2.36. The lowest BCUT2D eigenvalue weighted by Gasteiger charge is -2.11. The van der Waals surface area contributed by atoms with E-state index < -0.39 is 23.4 Å². The van der Waals surface area contributed by atoms with E-state index in [1.807, 2.05) is 0 Å². The Morgan fingerprint density at radius 2 is 2.09 bits per heavy atom.